The van der Waals surface area contributed by atoms with Crippen LogP contribution in [0.3, 0.4) is 0 Å². The Kier molecular flexibility index (Phi) is 5.23. The molecule has 0 aliphatic heterocycles. The molecule has 0 amide bonds. The Balaban J connectivity index is 2.14. The summed E-state index contributed by atoms with van der Waals surface area (Å²) in [7, 11) is -3.87. The molecule has 0 heterocycles. The van der Waals surface area contributed by atoms with Crippen LogP contribution in [0.1, 0.15) is 17.2 Å². The van der Waals surface area contributed by atoms with Crippen LogP contribution in [0.4, 0.5) is 5.69 Å². The van der Waals surface area contributed by atoms with Gasteiger partial charge in [0, 0.05) is 11.6 Å². The van der Waals surface area contributed by atoms with Crippen LogP contribution >= 0.6 is 11.6 Å². The van der Waals surface area contributed by atoms with Crippen LogP contribution in [-0.4, -0.2) is 20.1 Å². The lowest BCUT2D eigenvalue weighted by atomic mass is 10.1. The molecule has 23 heavy (non-hydrogen) atoms. The molecule has 0 aliphatic rings. The molecule has 0 radical (unpaired) electrons. The van der Waals surface area contributed by atoms with Crippen LogP contribution in [0, 0.1) is 11.3 Å². The number of sulfonamides is 1. The Labute approximate surface area is 139 Å². The fraction of sp³-hybridized carbons (Fsp3) is 0.133. The summed E-state index contributed by atoms with van der Waals surface area (Å²) in [5, 5.41) is 27.8. The summed E-state index contributed by atoms with van der Waals surface area (Å²) in [5.74, 6) is 0. The smallest absolute Gasteiger partial charge is 0.238 e. The number of aliphatic hydroxyl groups is 1. The number of nitrogens with zero attached hydrogens (tertiary/aromatic N) is 1. The molecular formula is C15H14ClN3O3S. The van der Waals surface area contributed by atoms with Gasteiger partial charge in [0.15, 0.2) is 0 Å². The van der Waals surface area contributed by atoms with E-state index in [0.29, 0.717) is 16.3 Å². The Morgan fingerprint density at radius 1 is 1.26 bits per heavy atom. The largest absolute Gasteiger partial charge is 0.387 e. The zero-order valence-electron chi connectivity index (χ0n) is 11.9. The predicted molar refractivity (Wildman–Crippen MR) is 87.4 cm³/mol. The second-order valence-corrected chi connectivity index (χ2v) is 6.81. The minimum atomic E-state index is -3.87. The van der Waals surface area contributed by atoms with Crippen molar-refractivity contribution in [3.05, 3.63) is 58.6 Å². The first kappa shape index (κ1) is 17.2. The molecule has 0 saturated carbocycles. The van der Waals surface area contributed by atoms with Gasteiger partial charge in [-0.15, -0.1) is 0 Å². The molecule has 120 valence electrons. The van der Waals surface area contributed by atoms with Crippen molar-refractivity contribution < 1.29 is 13.5 Å². The molecule has 0 saturated heterocycles. The Morgan fingerprint density at radius 2 is 1.91 bits per heavy atom. The fourth-order valence-electron chi connectivity index (χ4n) is 1.96. The zero-order chi connectivity index (χ0) is 17.0. The summed E-state index contributed by atoms with van der Waals surface area (Å²) in [5.41, 5.74) is 1.20. The van der Waals surface area contributed by atoms with E-state index in [1.165, 1.54) is 18.2 Å². The lowest BCUT2D eigenvalue weighted by Gasteiger charge is -2.14. The van der Waals surface area contributed by atoms with E-state index in [-0.39, 0.29) is 17.0 Å². The summed E-state index contributed by atoms with van der Waals surface area (Å²) in [4.78, 5) is -0.141. The SMILES string of the molecule is N#Cc1cc(S(N)(=O)=O)ccc1NCC(O)c1ccc(Cl)cc1. The van der Waals surface area contributed by atoms with Gasteiger partial charge < -0.3 is 10.4 Å². The number of aliphatic hydroxyl groups excluding tert-OH is 1. The summed E-state index contributed by atoms with van der Waals surface area (Å²) < 4.78 is 22.6. The minimum Gasteiger partial charge on any atom is -0.387 e. The van der Waals surface area contributed by atoms with Crippen LogP contribution < -0.4 is 10.5 Å². The topological polar surface area (TPSA) is 116 Å². The molecule has 2 rings (SSSR count). The number of hydrogen-bond donors (Lipinski definition) is 3. The normalized spacial score (nSPS) is 12.4. The van der Waals surface area contributed by atoms with Gasteiger partial charge in [-0.2, -0.15) is 5.26 Å². The number of nitrogens with one attached hydrogen (secondary N) is 1. The molecular weight excluding hydrogens is 338 g/mol. The third kappa shape index (κ3) is 4.43. The van der Waals surface area contributed by atoms with E-state index in [4.69, 9.17) is 22.0 Å². The second kappa shape index (κ2) is 6.98. The van der Waals surface area contributed by atoms with Gasteiger partial charge >= 0.3 is 0 Å². The van der Waals surface area contributed by atoms with E-state index in [1.54, 1.807) is 24.3 Å². The average Bonchev–Trinajstić information content (AvgIpc) is 2.52. The summed E-state index contributed by atoms with van der Waals surface area (Å²) in [6.45, 7) is 0.144. The fourth-order valence-corrected chi connectivity index (χ4v) is 2.62. The van der Waals surface area contributed by atoms with E-state index in [0.717, 1.165) is 0 Å². The number of hydrogen-bond acceptors (Lipinski definition) is 5. The van der Waals surface area contributed by atoms with Crippen molar-refractivity contribution >= 4 is 27.3 Å². The van der Waals surface area contributed by atoms with Gasteiger partial charge in [-0.25, -0.2) is 13.6 Å². The second-order valence-electron chi connectivity index (χ2n) is 4.81. The van der Waals surface area contributed by atoms with Gasteiger partial charge in [-0.3, -0.25) is 0 Å². The molecule has 4 N–H and O–H groups in total. The number of rotatable bonds is 5. The maximum Gasteiger partial charge on any atom is 0.238 e. The highest BCUT2D eigenvalue weighted by molar-refractivity contribution is 7.89. The number of halogens is 1. The first-order chi connectivity index (χ1) is 10.8. The molecule has 1 atom stereocenters. The van der Waals surface area contributed by atoms with Gasteiger partial charge in [0.25, 0.3) is 0 Å². The van der Waals surface area contributed by atoms with E-state index >= 15 is 0 Å². The standard InChI is InChI=1S/C15H14ClN3O3S/c16-12-3-1-10(2-4-12)15(20)9-19-14-6-5-13(23(18,21)22)7-11(14)8-17/h1-7,15,19-20H,9H2,(H2,18,21,22). The van der Waals surface area contributed by atoms with Crippen molar-refractivity contribution in [2.45, 2.75) is 11.0 Å². The zero-order valence-corrected chi connectivity index (χ0v) is 13.5. The average molecular weight is 352 g/mol. The first-order valence-electron chi connectivity index (χ1n) is 6.55. The molecule has 1 unspecified atom stereocenters. The number of anilines is 1. The van der Waals surface area contributed by atoms with Crippen molar-refractivity contribution in [1.82, 2.24) is 0 Å². The van der Waals surface area contributed by atoms with Crippen LogP contribution in [0.2, 0.25) is 5.02 Å². The number of nitrogens with two attached hydrogens (primary N) is 1. The Morgan fingerprint density at radius 3 is 2.48 bits per heavy atom. The van der Waals surface area contributed by atoms with Crippen molar-refractivity contribution in [3.63, 3.8) is 0 Å². The predicted octanol–water partition coefficient (Wildman–Crippen LogP) is 2.00. The lowest BCUT2D eigenvalue weighted by molar-refractivity contribution is 0.191. The Hall–Kier alpha value is -2.11. The molecule has 6 nitrogen and oxygen atoms in total. The van der Waals surface area contributed by atoms with Gasteiger partial charge in [0.05, 0.1) is 22.3 Å². The molecule has 0 aliphatic carbocycles. The van der Waals surface area contributed by atoms with Crippen LogP contribution in [0.5, 0.6) is 0 Å². The molecule has 0 bridgehead atoms. The monoisotopic (exact) mass is 351 g/mol. The maximum atomic E-state index is 11.3. The highest BCUT2D eigenvalue weighted by atomic mass is 35.5. The number of primary sulfonamides is 1. The van der Waals surface area contributed by atoms with E-state index in [2.05, 4.69) is 5.32 Å². The van der Waals surface area contributed by atoms with Crippen LogP contribution in [-0.2, 0) is 10.0 Å². The molecule has 8 heteroatoms. The Bertz CT molecular complexity index is 845. The number of nitriles is 1. The highest BCUT2D eigenvalue weighted by Gasteiger charge is 2.13. The molecule has 0 fully saturated rings. The molecule has 2 aromatic carbocycles. The van der Waals surface area contributed by atoms with Crippen molar-refractivity contribution in [3.8, 4) is 6.07 Å². The van der Waals surface area contributed by atoms with Crippen LogP contribution in [0.15, 0.2) is 47.4 Å². The lowest BCUT2D eigenvalue weighted by Crippen LogP contribution is -2.15. The number of benzene rings is 2. The van der Waals surface area contributed by atoms with Gasteiger partial charge in [0.1, 0.15) is 6.07 Å². The first-order valence-corrected chi connectivity index (χ1v) is 8.48. The molecule has 0 aromatic heterocycles. The third-order valence-electron chi connectivity index (χ3n) is 3.18. The van der Waals surface area contributed by atoms with Crippen molar-refractivity contribution in [2.24, 2.45) is 5.14 Å². The highest BCUT2D eigenvalue weighted by Crippen LogP contribution is 2.21. The minimum absolute atomic E-state index is 0.125. The quantitative estimate of drug-likeness (QED) is 0.761. The maximum absolute atomic E-state index is 11.3. The van der Waals surface area contributed by atoms with Gasteiger partial charge in [-0.05, 0) is 35.9 Å². The van der Waals surface area contributed by atoms with Gasteiger partial charge in [-0.1, -0.05) is 23.7 Å². The molecule has 0 spiro atoms. The summed E-state index contributed by atoms with van der Waals surface area (Å²) in [6.07, 6.45) is -0.809. The van der Waals surface area contributed by atoms with Crippen molar-refractivity contribution in [1.29, 1.82) is 5.26 Å². The van der Waals surface area contributed by atoms with E-state index < -0.39 is 16.1 Å². The van der Waals surface area contributed by atoms with Crippen LogP contribution in [0.25, 0.3) is 0 Å². The molecule has 2 aromatic rings. The third-order valence-corrected chi connectivity index (χ3v) is 4.34. The van der Waals surface area contributed by atoms with Gasteiger partial charge in [0.2, 0.25) is 10.0 Å². The summed E-state index contributed by atoms with van der Waals surface area (Å²) >= 11 is 5.79. The van der Waals surface area contributed by atoms with E-state index in [9.17, 15) is 13.5 Å². The van der Waals surface area contributed by atoms with Crippen molar-refractivity contribution in [2.75, 3.05) is 11.9 Å². The summed E-state index contributed by atoms with van der Waals surface area (Å²) in [6, 6.07) is 12.6. The van der Waals surface area contributed by atoms with E-state index in [1.807, 2.05) is 6.07 Å².